The number of esters is 1. The number of aromatic amines is 1. The number of carbonyl (C=O) groups is 3. The Morgan fingerprint density at radius 3 is 2.54 bits per heavy atom. The van der Waals surface area contributed by atoms with Crippen molar-refractivity contribution in [2.45, 2.75) is 20.8 Å². The van der Waals surface area contributed by atoms with Gasteiger partial charge in [-0.15, -0.1) is 0 Å². The number of Topliss-reactive ketones (excluding diaryl/α,β-unsaturated/α-hetero) is 1. The van der Waals surface area contributed by atoms with Crippen LogP contribution in [0.25, 0.3) is 0 Å². The molecular formula is C15H15N3O6. The fourth-order valence-corrected chi connectivity index (χ4v) is 2.09. The molecule has 0 saturated heterocycles. The smallest absolute Gasteiger partial charge is 0.344 e. The van der Waals surface area contributed by atoms with Crippen LogP contribution in [-0.4, -0.2) is 34.5 Å². The minimum atomic E-state index is -0.788. The zero-order chi connectivity index (χ0) is 17.9. The minimum Gasteiger partial charge on any atom is -0.462 e. The maximum atomic E-state index is 12.2. The molecule has 0 radical (unpaired) electrons. The number of H-pyrrole nitrogens is 1. The van der Waals surface area contributed by atoms with Crippen LogP contribution in [-0.2, 0) is 4.74 Å². The van der Waals surface area contributed by atoms with Crippen molar-refractivity contribution in [2.75, 3.05) is 11.9 Å². The number of ketones is 1. The maximum Gasteiger partial charge on any atom is 0.344 e. The van der Waals surface area contributed by atoms with Gasteiger partial charge in [-0.25, -0.2) is 9.89 Å². The van der Waals surface area contributed by atoms with Crippen molar-refractivity contribution in [1.29, 1.82) is 0 Å². The van der Waals surface area contributed by atoms with E-state index in [9.17, 15) is 19.2 Å². The average Bonchev–Trinajstić information content (AvgIpc) is 2.84. The molecule has 2 aromatic heterocycles. The first-order valence-electron chi connectivity index (χ1n) is 7.03. The van der Waals surface area contributed by atoms with Crippen LogP contribution in [0.1, 0.15) is 50.8 Å². The molecule has 2 aromatic rings. The summed E-state index contributed by atoms with van der Waals surface area (Å²) in [7, 11) is 0. The molecule has 9 heteroatoms. The van der Waals surface area contributed by atoms with Gasteiger partial charge in [-0.1, -0.05) is 0 Å². The lowest BCUT2D eigenvalue weighted by atomic mass is 10.1. The monoisotopic (exact) mass is 333 g/mol. The molecular weight excluding hydrogens is 318 g/mol. The zero-order valence-electron chi connectivity index (χ0n) is 13.3. The molecule has 0 saturated carbocycles. The number of nitrogens with one attached hydrogen (secondary N) is 2. The molecule has 0 aliphatic rings. The van der Waals surface area contributed by atoms with Crippen molar-refractivity contribution in [1.82, 2.24) is 10.2 Å². The SMILES string of the molecule is CCOC(=O)c1c(NC(=O)c2ccc(=O)[nH]n2)oc(C)c1C(C)=O. The summed E-state index contributed by atoms with van der Waals surface area (Å²) in [6.07, 6.45) is 0. The molecule has 126 valence electrons. The Kier molecular flexibility index (Phi) is 4.93. The predicted octanol–water partition coefficient (Wildman–Crippen LogP) is 1.30. The van der Waals surface area contributed by atoms with Crippen LogP contribution in [0.4, 0.5) is 5.88 Å². The number of ether oxygens (including phenoxy) is 1. The first-order valence-corrected chi connectivity index (χ1v) is 7.03. The van der Waals surface area contributed by atoms with E-state index < -0.39 is 23.2 Å². The van der Waals surface area contributed by atoms with Gasteiger partial charge in [0.2, 0.25) is 5.88 Å². The third-order valence-corrected chi connectivity index (χ3v) is 3.05. The summed E-state index contributed by atoms with van der Waals surface area (Å²) < 4.78 is 10.2. The van der Waals surface area contributed by atoms with Gasteiger partial charge < -0.3 is 9.15 Å². The van der Waals surface area contributed by atoms with Crippen molar-refractivity contribution in [2.24, 2.45) is 0 Å². The van der Waals surface area contributed by atoms with Gasteiger partial charge in [0.15, 0.2) is 5.78 Å². The molecule has 2 rings (SSSR count). The van der Waals surface area contributed by atoms with Crippen LogP contribution in [0.15, 0.2) is 21.3 Å². The maximum absolute atomic E-state index is 12.2. The number of amides is 1. The van der Waals surface area contributed by atoms with Crippen LogP contribution in [0.3, 0.4) is 0 Å². The highest BCUT2D eigenvalue weighted by Gasteiger charge is 2.29. The van der Waals surface area contributed by atoms with Crippen molar-refractivity contribution < 1.29 is 23.5 Å². The van der Waals surface area contributed by atoms with Crippen molar-refractivity contribution in [3.05, 3.63) is 45.1 Å². The lowest BCUT2D eigenvalue weighted by Gasteiger charge is -2.05. The Bertz CT molecular complexity index is 844. The molecule has 0 unspecified atom stereocenters. The Balaban J connectivity index is 2.42. The molecule has 0 aromatic carbocycles. The van der Waals surface area contributed by atoms with Gasteiger partial charge in [0.1, 0.15) is 17.0 Å². The Labute approximate surface area is 136 Å². The second kappa shape index (κ2) is 6.90. The van der Waals surface area contributed by atoms with E-state index in [2.05, 4.69) is 15.5 Å². The van der Waals surface area contributed by atoms with E-state index in [0.29, 0.717) is 0 Å². The van der Waals surface area contributed by atoms with Gasteiger partial charge in [0.05, 0.1) is 12.2 Å². The third-order valence-electron chi connectivity index (χ3n) is 3.05. The number of rotatable bonds is 5. The summed E-state index contributed by atoms with van der Waals surface area (Å²) in [4.78, 5) is 47.0. The zero-order valence-corrected chi connectivity index (χ0v) is 13.3. The molecule has 2 heterocycles. The van der Waals surface area contributed by atoms with E-state index in [1.54, 1.807) is 6.92 Å². The number of hydrogen-bond acceptors (Lipinski definition) is 7. The second-order valence-electron chi connectivity index (χ2n) is 4.77. The summed E-state index contributed by atoms with van der Waals surface area (Å²) >= 11 is 0. The van der Waals surface area contributed by atoms with Crippen LogP contribution in [0.5, 0.6) is 0 Å². The number of carbonyl (C=O) groups excluding carboxylic acids is 3. The van der Waals surface area contributed by atoms with Crippen molar-refractivity contribution >= 4 is 23.5 Å². The van der Waals surface area contributed by atoms with Gasteiger partial charge in [0, 0.05) is 6.07 Å². The number of aryl methyl sites for hydroxylation is 1. The largest absolute Gasteiger partial charge is 0.462 e. The first-order chi connectivity index (χ1) is 11.3. The van der Waals surface area contributed by atoms with E-state index in [1.165, 1.54) is 19.9 Å². The van der Waals surface area contributed by atoms with Crippen LogP contribution < -0.4 is 10.9 Å². The predicted molar refractivity (Wildman–Crippen MR) is 82.2 cm³/mol. The van der Waals surface area contributed by atoms with Crippen LogP contribution >= 0.6 is 0 Å². The average molecular weight is 333 g/mol. The van der Waals surface area contributed by atoms with Gasteiger partial charge in [-0.3, -0.25) is 19.7 Å². The molecule has 0 aliphatic carbocycles. The molecule has 0 fully saturated rings. The second-order valence-corrected chi connectivity index (χ2v) is 4.77. The Morgan fingerprint density at radius 2 is 2.00 bits per heavy atom. The number of nitrogens with zero attached hydrogens (tertiary/aromatic N) is 1. The molecule has 2 N–H and O–H groups in total. The number of anilines is 1. The van der Waals surface area contributed by atoms with Crippen molar-refractivity contribution in [3.63, 3.8) is 0 Å². The Hall–Kier alpha value is -3.23. The number of hydrogen-bond donors (Lipinski definition) is 2. The summed E-state index contributed by atoms with van der Waals surface area (Å²) in [5.41, 5.74) is -0.674. The summed E-state index contributed by atoms with van der Waals surface area (Å²) in [5.74, 6) is -1.95. The quantitative estimate of drug-likeness (QED) is 0.622. The summed E-state index contributed by atoms with van der Waals surface area (Å²) in [6, 6.07) is 2.34. The van der Waals surface area contributed by atoms with Gasteiger partial charge in [-0.05, 0) is 26.8 Å². The summed E-state index contributed by atoms with van der Waals surface area (Å²) in [6.45, 7) is 4.47. The minimum absolute atomic E-state index is 0.0400. The summed E-state index contributed by atoms with van der Waals surface area (Å²) in [5, 5.41) is 8.05. The molecule has 0 atom stereocenters. The standard InChI is InChI=1S/C15H15N3O6/c1-4-23-15(22)12-11(7(2)19)8(3)24-14(12)16-13(21)9-5-6-10(20)18-17-9/h5-6H,4H2,1-3H3,(H,16,21)(H,18,20). The first kappa shape index (κ1) is 17.1. The normalized spacial score (nSPS) is 10.3. The fraction of sp³-hybridized carbons (Fsp3) is 0.267. The number of aromatic nitrogens is 2. The van der Waals surface area contributed by atoms with E-state index in [1.807, 2.05) is 0 Å². The molecule has 0 aliphatic heterocycles. The topological polar surface area (TPSA) is 131 Å². The molecule has 9 nitrogen and oxygen atoms in total. The fourth-order valence-electron chi connectivity index (χ4n) is 2.09. The van der Waals surface area contributed by atoms with E-state index in [0.717, 1.165) is 6.07 Å². The molecule has 0 bridgehead atoms. The van der Waals surface area contributed by atoms with E-state index in [-0.39, 0.29) is 35.1 Å². The lowest BCUT2D eigenvalue weighted by Crippen LogP contribution is -2.19. The molecule has 0 spiro atoms. The number of furan rings is 1. The van der Waals surface area contributed by atoms with E-state index >= 15 is 0 Å². The highest BCUT2D eigenvalue weighted by Crippen LogP contribution is 2.28. The third kappa shape index (κ3) is 3.40. The Morgan fingerprint density at radius 1 is 1.29 bits per heavy atom. The van der Waals surface area contributed by atoms with Gasteiger partial charge >= 0.3 is 5.97 Å². The van der Waals surface area contributed by atoms with Gasteiger partial charge in [-0.2, -0.15) is 5.10 Å². The van der Waals surface area contributed by atoms with Crippen LogP contribution in [0, 0.1) is 6.92 Å². The molecule has 1 amide bonds. The lowest BCUT2D eigenvalue weighted by molar-refractivity contribution is 0.0524. The van der Waals surface area contributed by atoms with Crippen molar-refractivity contribution in [3.8, 4) is 0 Å². The van der Waals surface area contributed by atoms with E-state index in [4.69, 9.17) is 9.15 Å². The highest BCUT2D eigenvalue weighted by molar-refractivity contribution is 6.12. The van der Waals surface area contributed by atoms with Crippen LogP contribution in [0.2, 0.25) is 0 Å². The molecule has 24 heavy (non-hydrogen) atoms. The highest BCUT2D eigenvalue weighted by atomic mass is 16.5. The van der Waals surface area contributed by atoms with Gasteiger partial charge in [0.25, 0.3) is 11.5 Å².